The molecule has 0 fully saturated rings. The van der Waals surface area contributed by atoms with E-state index >= 15 is 0 Å². The number of benzene rings is 4. The molecule has 0 aliphatic carbocycles. The number of esters is 2. The second-order valence-electron chi connectivity index (χ2n) is 38.8. The number of ether oxygens (including phenoxy) is 4. The number of carbonyl (C=O) groups excluding carboxylic acids is 3. The minimum absolute atomic E-state index is 0.0358. The molecule has 0 aliphatic heterocycles. The Morgan fingerprint density at radius 2 is 0.769 bits per heavy atom. The van der Waals surface area contributed by atoms with Gasteiger partial charge in [0.05, 0.1) is 30.6 Å². The van der Waals surface area contributed by atoms with E-state index < -0.39 is 5.60 Å². The molecule has 11 heteroatoms. The molecule has 0 bridgehead atoms. The van der Waals surface area contributed by atoms with E-state index in [1.165, 1.54) is 52.3 Å². The predicted molar refractivity (Wildman–Crippen MR) is 451 cm³/mol. The van der Waals surface area contributed by atoms with Crippen LogP contribution in [0.5, 0.6) is 0 Å². The Morgan fingerprint density at radius 3 is 1.19 bits per heavy atom. The first-order chi connectivity index (χ1) is 47.0. The Labute approximate surface area is 644 Å². The number of pyridine rings is 2. The summed E-state index contributed by atoms with van der Waals surface area (Å²) in [7, 11) is 1.42. The molecule has 0 amide bonds. The number of methoxy groups -OCH3 is 1. The van der Waals surface area contributed by atoms with Crippen LogP contribution in [0.15, 0.2) is 159 Å². The van der Waals surface area contributed by atoms with Crippen molar-refractivity contribution in [2.45, 2.75) is 315 Å². The zero-order valence-electron chi connectivity index (χ0n) is 71.6. The van der Waals surface area contributed by atoms with Gasteiger partial charge in [-0.3, -0.25) is 19.6 Å². The predicted octanol–water partition coefficient (Wildman–Crippen LogP) is 25.7. The summed E-state index contributed by atoms with van der Waals surface area (Å²) in [4.78, 5) is 44.4. The standard InChI is InChI=1S/2C16H25NO.C16H24O2.C16H24OS.C16H26S.C13H18O2/c1-12(18-16(5,6)7)10-13-8-9-17-11-14(13)15(2,3)4;1-12(18-16(5,6)7)11-13-9-8-10-17-14(13)15(2,3)4;2*1-15(2,3)11-12-9-7-8-10-13(12)14(17)18-16(4,5)6;1-15(2,3)11-13-9-7-8-10-14(13)12-17-16(4,5)6;1-13(2,3)11-8-6-5-7-10(11)9-12(14)15-4/h8-9,11H,1,10H2,2-7H3;8-10H,1,11H2,2-7H3;2*7-10H,11H2,1-6H3;7-10H,11-12H2,1-6H3;5-8H,9H2,1-4H3. The molecule has 0 spiro atoms. The van der Waals surface area contributed by atoms with E-state index in [9.17, 15) is 14.4 Å². The van der Waals surface area contributed by atoms with Crippen LogP contribution in [0.25, 0.3) is 0 Å². The third-order valence-electron chi connectivity index (χ3n) is 14.6. The van der Waals surface area contributed by atoms with E-state index in [-0.39, 0.29) is 60.1 Å². The van der Waals surface area contributed by atoms with E-state index in [0.29, 0.717) is 22.1 Å². The molecule has 0 unspecified atom stereocenters. The van der Waals surface area contributed by atoms with Crippen LogP contribution in [0.4, 0.5) is 0 Å². The van der Waals surface area contributed by atoms with Crippen molar-refractivity contribution >= 4 is 40.6 Å². The van der Waals surface area contributed by atoms with Gasteiger partial charge in [0.15, 0.2) is 0 Å². The summed E-state index contributed by atoms with van der Waals surface area (Å²) in [6.45, 7) is 78.5. The van der Waals surface area contributed by atoms with Crippen molar-refractivity contribution in [3.8, 4) is 0 Å². The number of hydrogen-bond acceptors (Lipinski definition) is 11. The summed E-state index contributed by atoms with van der Waals surface area (Å²) in [6.07, 6.45) is 10.4. The third-order valence-corrected chi connectivity index (χ3v) is 16.9. The molecule has 6 aromatic rings. The maximum Gasteiger partial charge on any atom is 0.338 e. The second kappa shape index (κ2) is 40.5. The molecule has 0 saturated carbocycles. The molecular formula is C93H142N2O7S2. The van der Waals surface area contributed by atoms with Crippen molar-refractivity contribution < 1.29 is 33.3 Å². The lowest BCUT2D eigenvalue weighted by atomic mass is 9.83. The quantitative estimate of drug-likeness (QED) is 0.0723. The fourth-order valence-corrected chi connectivity index (χ4v) is 12.5. The highest BCUT2D eigenvalue weighted by Crippen LogP contribution is 2.35. The largest absolute Gasteiger partial charge is 0.493 e. The average molecular weight is 1460 g/mol. The molecule has 9 nitrogen and oxygen atoms in total. The highest BCUT2D eigenvalue weighted by molar-refractivity contribution is 8.15. The second-order valence-corrected chi connectivity index (χ2v) is 42.4. The zero-order chi connectivity index (χ0) is 80.5. The van der Waals surface area contributed by atoms with E-state index in [1.807, 2.05) is 159 Å². The Kier molecular flexibility index (Phi) is 37.2. The minimum atomic E-state index is -0.452. The smallest absolute Gasteiger partial charge is 0.338 e. The maximum atomic E-state index is 12.3. The highest BCUT2D eigenvalue weighted by atomic mass is 32.2. The Bertz CT molecular complexity index is 3460. The molecule has 0 N–H and O–H groups in total. The summed E-state index contributed by atoms with van der Waals surface area (Å²) in [5.74, 6) is 2.30. The summed E-state index contributed by atoms with van der Waals surface area (Å²) in [5, 5.41) is 0.183. The molecule has 0 atom stereocenters. The summed E-state index contributed by atoms with van der Waals surface area (Å²) in [6, 6.07) is 38.7. The first kappa shape index (κ1) is 95.6. The van der Waals surface area contributed by atoms with Crippen LogP contribution >= 0.6 is 23.5 Å². The molecule has 0 saturated heterocycles. The van der Waals surface area contributed by atoms with Crippen LogP contribution in [0.1, 0.15) is 305 Å². The number of thioether (sulfide) groups is 2. The molecule has 0 aliphatic rings. The molecule has 2 heterocycles. The van der Waals surface area contributed by atoms with Crippen molar-refractivity contribution in [1.82, 2.24) is 9.97 Å². The lowest BCUT2D eigenvalue weighted by Gasteiger charge is -2.26. The number of hydrogen-bond donors (Lipinski definition) is 0. The van der Waals surface area contributed by atoms with Crippen LogP contribution in [0.3, 0.4) is 0 Å². The van der Waals surface area contributed by atoms with Gasteiger partial charge in [-0.1, -0.05) is 288 Å². The van der Waals surface area contributed by atoms with Crippen LogP contribution in [0.2, 0.25) is 0 Å². The number of nitrogens with zero attached hydrogens (tertiary/aromatic N) is 2. The van der Waals surface area contributed by atoms with Crippen molar-refractivity contribution in [2.75, 3.05) is 7.11 Å². The summed E-state index contributed by atoms with van der Waals surface area (Å²) >= 11 is 3.44. The molecular weight excluding hydrogens is 1320 g/mol. The van der Waals surface area contributed by atoms with Crippen molar-refractivity contribution in [3.05, 3.63) is 225 Å². The van der Waals surface area contributed by atoms with Gasteiger partial charge >= 0.3 is 11.9 Å². The highest BCUT2D eigenvalue weighted by Gasteiger charge is 2.27. The third kappa shape index (κ3) is 43.3. The molecule has 0 radical (unpaired) electrons. The van der Waals surface area contributed by atoms with Gasteiger partial charge in [-0.05, 0) is 177 Å². The molecule has 4 aromatic carbocycles. The van der Waals surface area contributed by atoms with Crippen LogP contribution in [-0.4, -0.2) is 60.4 Å². The molecule has 104 heavy (non-hydrogen) atoms. The van der Waals surface area contributed by atoms with Gasteiger partial charge in [-0.15, -0.1) is 0 Å². The fourth-order valence-electron chi connectivity index (χ4n) is 10.8. The lowest BCUT2D eigenvalue weighted by molar-refractivity contribution is -0.139. The first-order valence-corrected chi connectivity index (χ1v) is 38.9. The summed E-state index contributed by atoms with van der Waals surface area (Å²) in [5.41, 5.74) is 13.9. The number of carbonyl (C=O) groups is 3. The van der Waals surface area contributed by atoms with Gasteiger partial charge in [-0.25, -0.2) is 4.79 Å². The maximum absolute atomic E-state index is 12.3. The Morgan fingerprint density at radius 1 is 0.385 bits per heavy atom. The van der Waals surface area contributed by atoms with Crippen LogP contribution < -0.4 is 0 Å². The number of aromatic nitrogens is 2. The van der Waals surface area contributed by atoms with Crippen molar-refractivity contribution in [1.29, 1.82) is 0 Å². The number of allylic oxidation sites excluding steroid dienone is 2. The zero-order valence-corrected chi connectivity index (χ0v) is 73.3. The Hall–Kier alpha value is -6.43. The molecule has 578 valence electrons. The molecule has 2 aromatic heterocycles. The van der Waals surface area contributed by atoms with Crippen LogP contribution in [-0.2, 0) is 84.3 Å². The molecule has 6 rings (SSSR count). The topological polar surface area (TPSA) is 114 Å². The van der Waals surface area contributed by atoms with Gasteiger partial charge in [0, 0.05) is 63.4 Å². The average Bonchev–Trinajstić information content (AvgIpc) is 0.853. The summed E-state index contributed by atoms with van der Waals surface area (Å²) < 4.78 is 22.0. The van der Waals surface area contributed by atoms with Gasteiger partial charge in [0.1, 0.15) is 16.8 Å². The Balaban J connectivity index is 0.000000625. The van der Waals surface area contributed by atoms with E-state index in [0.717, 1.165) is 77.3 Å². The van der Waals surface area contributed by atoms with E-state index in [1.54, 1.807) is 0 Å². The van der Waals surface area contributed by atoms with E-state index in [2.05, 4.69) is 243 Å². The minimum Gasteiger partial charge on any atom is -0.493 e. The SMILES string of the molecule is C=C(Cc1cccnc1C(C)(C)C)OC(C)(C)C.C=C(Cc1ccncc1C(C)(C)C)OC(C)(C)C.CC(C)(C)Cc1ccccc1C(=O)OC(C)(C)C.CC(C)(C)Cc1ccccc1C(=O)SC(C)(C)C.CC(C)(C)Cc1ccccc1CSC(C)(C)C.COC(=O)Cc1ccccc1C(C)(C)C. The van der Waals surface area contributed by atoms with Gasteiger partial charge in [0.2, 0.25) is 5.12 Å². The monoisotopic (exact) mass is 1460 g/mol. The lowest BCUT2D eigenvalue weighted by Crippen LogP contribution is -2.25. The van der Waals surface area contributed by atoms with Gasteiger partial charge in [-0.2, -0.15) is 11.8 Å². The van der Waals surface area contributed by atoms with Gasteiger partial charge < -0.3 is 18.9 Å². The van der Waals surface area contributed by atoms with E-state index in [4.69, 9.17) is 14.2 Å². The normalized spacial score (nSPS) is 12.3. The number of rotatable bonds is 15. The van der Waals surface area contributed by atoms with Crippen molar-refractivity contribution in [2.24, 2.45) is 16.2 Å². The fraction of sp³-hybridized carbons (Fsp3) is 0.559. The van der Waals surface area contributed by atoms with Crippen LogP contribution in [0, 0.1) is 16.2 Å². The first-order valence-electron chi connectivity index (χ1n) is 37.1. The van der Waals surface area contributed by atoms with Crippen molar-refractivity contribution in [3.63, 3.8) is 0 Å². The van der Waals surface area contributed by atoms with Gasteiger partial charge in [0.25, 0.3) is 0 Å².